The van der Waals surface area contributed by atoms with Crippen molar-refractivity contribution in [1.29, 1.82) is 0 Å². The monoisotopic (exact) mass is 478 g/mol. The van der Waals surface area contributed by atoms with E-state index in [9.17, 15) is 9.59 Å². The van der Waals surface area contributed by atoms with Crippen LogP contribution in [0.15, 0.2) is 30.5 Å². The summed E-state index contributed by atoms with van der Waals surface area (Å²) in [5, 5.41) is 12.2. The molecule has 35 heavy (non-hydrogen) atoms. The van der Waals surface area contributed by atoms with Gasteiger partial charge < -0.3 is 29.8 Å². The molecule has 9 nitrogen and oxygen atoms in total. The normalized spacial score (nSPS) is 16.3. The van der Waals surface area contributed by atoms with Crippen LogP contribution in [-0.2, 0) is 0 Å². The van der Waals surface area contributed by atoms with Crippen LogP contribution in [0.2, 0.25) is 0 Å². The van der Waals surface area contributed by atoms with Gasteiger partial charge >= 0.3 is 6.09 Å². The summed E-state index contributed by atoms with van der Waals surface area (Å²) >= 11 is 0. The molecule has 184 valence electrons. The topological polar surface area (TPSA) is 117 Å². The van der Waals surface area contributed by atoms with Crippen molar-refractivity contribution in [3.05, 3.63) is 41.7 Å². The molecule has 0 atom stereocenters. The van der Waals surface area contributed by atoms with Crippen LogP contribution in [0.4, 0.5) is 4.79 Å². The quantitative estimate of drug-likeness (QED) is 0.468. The predicted molar refractivity (Wildman–Crippen MR) is 131 cm³/mol. The van der Waals surface area contributed by atoms with Crippen molar-refractivity contribution in [2.24, 2.45) is 5.92 Å². The largest absolute Gasteiger partial charge is 0.497 e. The van der Waals surface area contributed by atoms with Gasteiger partial charge in [0.2, 0.25) is 0 Å². The highest BCUT2D eigenvalue weighted by Gasteiger charge is 2.27. The van der Waals surface area contributed by atoms with E-state index >= 15 is 0 Å². The van der Waals surface area contributed by atoms with E-state index in [2.05, 4.69) is 15.3 Å². The molecule has 1 saturated heterocycles. The van der Waals surface area contributed by atoms with Crippen LogP contribution < -0.4 is 14.8 Å². The molecule has 3 heterocycles. The molecule has 2 amide bonds. The first-order chi connectivity index (χ1) is 16.9. The molecule has 3 N–H and O–H groups in total. The van der Waals surface area contributed by atoms with Crippen molar-refractivity contribution in [2.75, 3.05) is 26.8 Å². The maximum absolute atomic E-state index is 13.3. The van der Waals surface area contributed by atoms with Gasteiger partial charge in [0.1, 0.15) is 17.0 Å². The first kappa shape index (κ1) is 23.0. The number of ether oxygens (including phenoxy) is 2. The first-order valence-corrected chi connectivity index (χ1v) is 12.0. The molecule has 9 heteroatoms. The number of amides is 2. The second kappa shape index (κ2) is 9.48. The second-order valence-electron chi connectivity index (χ2n) is 9.34. The number of aromatic amines is 1. The third kappa shape index (κ3) is 4.76. The smallest absolute Gasteiger partial charge is 0.407 e. The minimum atomic E-state index is -0.919. The number of likely N-dealkylation sites (tertiary alicyclic amines) is 1. The summed E-state index contributed by atoms with van der Waals surface area (Å²) in [6.07, 6.45) is 4.37. The summed E-state index contributed by atoms with van der Waals surface area (Å²) in [7, 11) is 1.63. The zero-order valence-electron chi connectivity index (χ0n) is 20.0. The third-order valence-corrected chi connectivity index (χ3v) is 6.85. The van der Waals surface area contributed by atoms with Gasteiger partial charge in [-0.15, -0.1) is 0 Å². The van der Waals surface area contributed by atoms with E-state index in [0.29, 0.717) is 49.5 Å². The van der Waals surface area contributed by atoms with E-state index in [1.54, 1.807) is 13.3 Å². The number of carbonyl (C=O) groups is 2. The Morgan fingerprint density at radius 3 is 2.63 bits per heavy atom. The molecule has 2 aromatic heterocycles. The molecule has 1 aliphatic carbocycles. The number of methoxy groups -OCH3 is 1. The highest BCUT2D eigenvalue weighted by Crippen LogP contribution is 2.39. The maximum atomic E-state index is 13.3. The van der Waals surface area contributed by atoms with E-state index in [0.717, 1.165) is 33.8 Å². The maximum Gasteiger partial charge on any atom is 0.407 e. The van der Waals surface area contributed by atoms with Gasteiger partial charge in [0.15, 0.2) is 0 Å². The van der Waals surface area contributed by atoms with Gasteiger partial charge in [0.05, 0.1) is 24.8 Å². The lowest BCUT2D eigenvalue weighted by molar-refractivity contribution is 0.0908. The van der Waals surface area contributed by atoms with E-state index in [4.69, 9.17) is 14.6 Å². The number of hydrogen-bond acceptors (Lipinski definition) is 5. The molecule has 0 radical (unpaired) electrons. The first-order valence-electron chi connectivity index (χ1n) is 12.0. The zero-order valence-corrected chi connectivity index (χ0v) is 20.0. The molecule has 1 aromatic carbocycles. The molecule has 1 aliphatic heterocycles. The number of H-pyrrole nitrogens is 1. The van der Waals surface area contributed by atoms with Gasteiger partial charge in [0, 0.05) is 42.1 Å². The molecule has 3 aromatic rings. The number of nitrogens with zero attached hydrogens (tertiary/aromatic N) is 2. The second-order valence-corrected chi connectivity index (χ2v) is 9.34. The number of carboxylic acid groups (broad SMARTS) is 1. The SMILES string of the molecule is COc1ccc(OCC2CC2)c(-c2ccnc3c(C(=O)NC4CCN(C(=O)O)CC4)c(C)[nH]c23)c1. The fraction of sp³-hybridized carbons (Fsp3) is 0.423. The average molecular weight is 479 g/mol. The van der Waals surface area contributed by atoms with Crippen LogP contribution in [-0.4, -0.2) is 64.8 Å². The average Bonchev–Trinajstić information content (AvgIpc) is 3.62. The predicted octanol–water partition coefficient (Wildman–Crippen LogP) is 4.21. The van der Waals surface area contributed by atoms with Gasteiger partial charge in [-0.3, -0.25) is 9.78 Å². The summed E-state index contributed by atoms with van der Waals surface area (Å²) in [6, 6.07) is 7.60. The molecular formula is C26H30N4O5. The Morgan fingerprint density at radius 1 is 1.17 bits per heavy atom. The van der Waals surface area contributed by atoms with Gasteiger partial charge in [-0.25, -0.2) is 4.79 Å². The fourth-order valence-electron chi connectivity index (χ4n) is 4.64. The van der Waals surface area contributed by atoms with Gasteiger partial charge in [-0.05, 0) is 62.8 Å². The Morgan fingerprint density at radius 2 is 1.94 bits per heavy atom. The molecular weight excluding hydrogens is 448 g/mol. The number of aryl methyl sites for hydroxylation is 1. The van der Waals surface area contributed by atoms with Crippen LogP contribution in [0.1, 0.15) is 41.7 Å². The van der Waals surface area contributed by atoms with E-state index in [1.165, 1.54) is 17.7 Å². The van der Waals surface area contributed by atoms with Crippen molar-refractivity contribution in [3.63, 3.8) is 0 Å². The van der Waals surface area contributed by atoms with Crippen molar-refractivity contribution < 1.29 is 24.2 Å². The number of hydrogen-bond donors (Lipinski definition) is 3. The summed E-state index contributed by atoms with van der Waals surface area (Å²) in [6.45, 7) is 3.37. The van der Waals surface area contributed by atoms with E-state index in [1.807, 2.05) is 31.2 Å². The number of aromatic nitrogens is 2. The minimum absolute atomic E-state index is 0.0774. The highest BCUT2D eigenvalue weighted by atomic mass is 16.5. The number of pyridine rings is 1. The summed E-state index contributed by atoms with van der Waals surface area (Å²) < 4.78 is 11.6. The number of carbonyl (C=O) groups excluding carboxylic acids is 1. The van der Waals surface area contributed by atoms with Crippen LogP contribution in [0.25, 0.3) is 22.2 Å². The van der Waals surface area contributed by atoms with Gasteiger partial charge in [-0.2, -0.15) is 0 Å². The van der Waals surface area contributed by atoms with Crippen molar-refractivity contribution >= 4 is 23.0 Å². The number of piperidine rings is 1. The number of rotatable bonds is 7. The van der Waals surface area contributed by atoms with E-state index < -0.39 is 6.09 Å². The van der Waals surface area contributed by atoms with E-state index in [-0.39, 0.29) is 11.9 Å². The number of benzene rings is 1. The zero-order chi connectivity index (χ0) is 24.5. The molecule has 1 saturated carbocycles. The molecule has 0 unspecified atom stereocenters. The Labute approximate surface area is 203 Å². The Bertz CT molecular complexity index is 1260. The Kier molecular flexibility index (Phi) is 6.23. The van der Waals surface area contributed by atoms with Crippen LogP contribution in [0.3, 0.4) is 0 Å². The van der Waals surface area contributed by atoms with Gasteiger partial charge in [-0.1, -0.05) is 0 Å². The molecule has 0 bridgehead atoms. The Balaban J connectivity index is 1.45. The van der Waals surface area contributed by atoms with Crippen LogP contribution in [0, 0.1) is 12.8 Å². The van der Waals surface area contributed by atoms with Crippen molar-refractivity contribution in [1.82, 2.24) is 20.2 Å². The summed E-state index contributed by atoms with van der Waals surface area (Å²) in [5.41, 5.74) is 4.36. The van der Waals surface area contributed by atoms with Gasteiger partial charge in [0.25, 0.3) is 5.91 Å². The molecule has 2 aliphatic rings. The summed E-state index contributed by atoms with van der Waals surface area (Å²) in [4.78, 5) is 33.7. The lowest BCUT2D eigenvalue weighted by atomic mass is 10.0. The fourth-order valence-corrected chi connectivity index (χ4v) is 4.64. The molecule has 0 spiro atoms. The standard InChI is InChI=1S/C26H30N4O5/c1-15-22(25(31)29-17-8-11-30(12-9-17)26(32)33)24-23(28-15)19(7-10-27-24)20-13-18(34-2)5-6-21(20)35-14-16-3-4-16/h5-7,10,13,16-17,28H,3-4,8-9,11-12,14H2,1-2H3,(H,29,31)(H,32,33). The van der Waals surface area contributed by atoms with Crippen molar-refractivity contribution in [2.45, 2.75) is 38.6 Å². The third-order valence-electron chi connectivity index (χ3n) is 6.85. The lowest BCUT2D eigenvalue weighted by Crippen LogP contribution is -2.46. The number of fused-ring (bicyclic) bond motifs is 1. The minimum Gasteiger partial charge on any atom is -0.497 e. The molecule has 2 fully saturated rings. The molecule has 5 rings (SSSR count). The lowest BCUT2D eigenvalue weighted by Gasteiger charge is -2.30. The van der Waals surface area contributed by atoms with Crippen LogP contribution in [0.5, 0.6) is 11.5 Å². The number of nitrogens with one attached hydrogen (secondary N) is 2. The summed E-state index contributed by atoms with van der Waals surface area (Å²) in [5.74, 6) is 1.90. The Hall–Kier alpha value is -3.75. The highest BCUT2D eigenvalue weighted by molar-refractivity contribution is 6.09. The van der Waals surface area contributed by atoms with Crippen LogP contribution >= 0.6 is 0 Å². The van der Waals surface area contributed by atoms with Crippen molar-refractivity contribution in [3.8, 4) is 22.6 Å².